The van der Waals surface area contributed by atoms with Crippen molar-refractivity contribution >= 4 is 22.5 Å². The SMILES string of the molecule is CN(c1ncc2c(-c3ccc4nccnc4c3)ccn2n1)C1CC(N2CCOCC2)C1. The van der Waals surface area contributed by atoms with Gasteiger partial charge in [-0.1, -0.05) is 6.07 Å². The molecule has 0 amide bonds. The average Bonchev–Trinajstić information content (AvgIpc) is 3.22. The minimum atomic E-state index is 0.486. The summed E-state index contributed by atoms with van der Waals surface area (Å²) in [6, 6.07) is 9.38. The Morgan fingerprint density at radius 3 is 2.65 bits per heavy atom. The third kappa shape index (κ3) is 3.32. The molecule has 0 atom stereocenters. The quantitative estimate of drug-likeness (QED) is 0.507. The topological polar surface area (TPSA) is 71.7 Å². The van der Waals surface area contributed by atoms with Gasteiger partial charge in [0.2, 0.25) is 5.95 Å². The van der Waals surface area contributed by atoms with Gasteiger partial charge in [0, 0.05) is 56.4 Å². The van der Waals surface area contributed by atoms with E-state index in [4.69, 9.17) is 14.8 Å². The molecular formula is C23H25N7O. The molecule has 3 aromatic heterocycles. The van der Waals surface area contributed by atoms with Gasteiger partial charge in [-0.05, 0) is 36.6 Å². The highest BCUT2D eigenvalue weighted by molar-refractivity contribution is 5.86. The molecule has 1 saturated heterocycles. The van der Waals surface area contributed by atoms with Crippen LogP contribution < -0.4 is 4.90 Å². The molecule has 0 bridgehead atoms. The standard InChI is InChI=1S/C23H25N7O/c1-28(17-13-18(14-17)29-8-10-31-11-9-29)23-26-15-22-19(4-7-30(22)27-23)16-2-3-20-21(12-16)25-6-5-24-20/h2-7,12,15,17-18H,8-11,13-14H2,1H3. The Balaban J connectivity index is 1.22. The second-order valence-electron chi connectivity index (χ2n) is 8.42. The van der Waals surface area contributed by atoms with E-state index >= 15 is 0 Å². The highest BCUT2D eigenvalue weighted by Crippen LogP contribution is 2.32. The van der Waals surface area contributed by atoms with Crippen molar-refractivity contribution in [1.29, 1.82) is 0 Å². The first kappa shape index (κ1) is 18.7. The second-order valence-corrected chi connectivity index (χ2v) is 8.42. The maximum atomic E-state index is 5.48. The molecule has 2 aliphatic rings. The molecule has 1 aliphatic carbocycles. The first-order chi connectivity index (χ1) is 15.3. The van der Waals surface area contributed by atoms with Crippen molar-refractivity contribution in [2.45, 2.75) is 24.9 Å². The van der Waals surface area contributed by atoms with Gasteiger partial charge in [0.15, 0.2) is 0 Å². The van der Waals surface area contributed by atoms with Crippen LogP contribution in [0.15, 0.2) is 49.1 Å². The number of hydrogen-bond acceptors (Lipinski definition) is 7. The van der Waals surface area contributed by atoms with Crippen molar-refractivity contribution in [1.82, 2.24) is 29.5 Å². The Labute approximate surface area is 180 Å². The van der Waals surface area contributed by atoms with E-state index in [1.54, 1.807) is 12.4 Å². The molecule has 2 fully saturated rings. The molecule has 4 heterocycles. The molecule has 8 nitrogen and oxygen atoms in total. The summed E-state index contributed by atoms with van der Waals surface area (Å²) in [5.74, 6) is 0.768. The van der Waals surface area contributed by atoms with E-state index in [9.17, 15) is 0 Å². The van der Waals surface area contributed by atoms with Gasteiger partial charge < -0.3 is 9.64 Å². The van der Waals surface area contributed by atoms with Crippen molar-refractivity contribution in [3.05, 3.63) is 49.1 Å². The molecule has 0 radical (unpaired) electrons. The summed E-state index contributed by atoms with van der Waals surface area (Å²) in [4.78, 5) is 18.3. The lowest BCUT2D eigenvalue weighted by Gasteiger charge is -2.47. The zero-order valence-electron chi connectivity index (χ0n) is 17.6. The fourth-order valence-electron chi connectivity index (χ4n) is 4.71. The van der Waals surface area contributed by atoms with Gasteiger partial charge in [0.1, 0.15) is 0 Å². The van der Waals surface area contributed by atoms with Gasteiger partial charge in [0.25, 0.3) is 0 Å². The monoisotopic (exact) mass is 415 g/mol. The Hall–Kier alpha value is -3.10. The number of anilines is 1. The largest absolute Gasteiger partial charge is 0.379 e. The van der Waals surface area contributed by atoms with Crippen molar-refractivity contribution in [2.75, 3.05) is 38.3 Å². The second kappa shape index (κ2) is 7.55. The Kier molecular flexibility index (Phi) is 4.54. The molecule has 0 unspecified atom stereocenters. The molecule has 1 aromatic carbocycles. The van der Waals surface area contributed by atoms with Crippen LogP contribution in [0.4, 0.5) is 5.95 Å². The third-order valence-electron chi connectivity index (χ3n) is 6.70. The molecule has 4 aromatic rings. The molecule has 1 saturated carbocycles. The minimum absolute atomic E-state index is 0.486. The van der Waals surface area contributed by atoms with E-state index in [0.717, 1.165) is 72.8 Å². The molecular weight excluding hydrogens is 390 g/mol. The number of aromatic nitrogens is 5. The van der Waals surface area contributed by atoms with Crippen LogP contribution in [0.25, 0.3) is 27.7 Å². The lowest BCUT2D eigenvalue weighted by Crippen LogP contribution is -2.56. The van der Waals surface area contributed by atoms with Gasteiger partial charge in [-0.25, -0.2) is 9.50 Å². The minimum Gasteiger partial charge on any atom is -0.379 e. The molecule has 0 spiro atoms. The zero-order chi connectivity index (χ0) is 20.8. The predicted molar refractivity (Wildman–Crippen MR) is 119 cm³/mol. The van der Waals surface area contributed by atoms with Crippen LogP contribution in [0.2, 0.25) is 0 Å². The maximum Gasteiger partial charge on any atom is 0.243 e. The number of nitrogens with zero attached hydrogens (tertiary/aromatic N) is 7. The number of fused-ring (bicyclic) bond motifs is 2. The summed E-state index contributed by atoms with van der Waals surface area (Å²) < 4.78 is 7.40. The Morgan fingerprint density at radius 2 is 1.81 bits per heavy atom. The molecule has 0 N–H and O–H groups in total. The summed E-state index contributed by atoms with van der Waals surface area (Å²) in [6.45, 7) is 3.82. The van der Waals surface area contributed by atoms with E-state index in [1.807, 2.05) is 23.0 Å². The summed E-state index contributed by atoms with van der Waals surface area (Å²) in [5, 5.41) is 4.79. The first-order valence-corrected chi connectivity index (χ1v) is 10.9. The fourth-order valence-corrected chi connectivity index (χ4v) is 4.71. The van der Waals surface area contributed by atoms with Crippen molar-refractivity contribution in [3.8, 4) is 11.1 Å². The smallest absolute Gasteiger partial charge is 0.243 e. The number of ether oxygens (including phenoxy) is 1. The highest BCUT2D eigenvalue weighted by Gasteiger charge is 2.37. The van der Waals surface area contributed by atoms with E-state index in [0.29, 0.717) is 12.1 Å². The highest BCUT2D eigenvalue weighted by atomic mass is 16.5. The molecule has 6 rings (SSSR count). The summed E-state index contributed by atoms with van der Waals surface area (Å²) in [5.41, 5.74) is 4.95. The van der Waals surface area contributed by atoms with Crippen molar-refractivity contribution in [3.63, 3.8) is 0 Å². The van der Waals surface area contributed by atoms with Crippen LogP contribution in [0.5, 0.6) is 0 Å². The number of benzene rings is 1. The summed E-state index contributed by atoms with van der Waals surface area (Å²) >= 11 is 0. The van der Waals surface area contributed by atoms with Gasteiger partial charge in [-0.3, -0.25) is 14.9 Å². The predicted octanol–water partition coefficient (Wildman–Crippen LogP) is 2.64. The van der Waals surface area contributed by atoms with Gasteiger partial charge >= 0.3 is 0 Å². The fraction of sp³-hybridized carbons (Fsp3) is 0.391. The number of morpholine rings is 1. The van der Waals surface area contributed by atoms with Crippen LogP contribution >= 0.6 is 0 Å². The van der Waals surface area contributed by atoms with Gasteiger partial charge in [0.05, 0.1) is 36.0 Å². The number of hydrogen-bond donors (Lipinski definition) is 0. The van der Waals surface area contributed by atoms with E-state index < -0.39 is 0 Å². The van der Waals surface area contributed by atoms with E-state index in [2.05, 4.69) is 45.0 Å². The molecule has 1 aliphatic heterocycles. The Bertz CT molecular complexity index is 1230. The van der Waals surface area contributed by atoms with Crippen LogP contribution in [-0.2, 0) is 4.74 Å². The molecule has 31 heavy (non-hydrogen) atoms. The lowest BCUT2D eigenvalue weighted by molar-refractivity contribution is -0.00668. The normalized spacial score (nSPS) is 22.0. The summed E-state index contributed by atoms with van der Waals surface area (Å²) in [6.07, 6.45) is 9.68. The molecule has 8 heteroatoms. The van der Waals surface area contributed by atoms with Crippen molar-refractivity contribution in [2.24, 2.45) is 0 Å². The van der Waals surface area contributed by atoms with Gasteiger partial charge in [-0.15, -0.1) is 5.10 Å². The lowest BCUT2D eigenvalue weighted by atomic mass is 9.84. The van der Waals surface area contributed by atoms with Crippen LogP contribution in [0.1, 0.15) is 12.8 Å². The first-order valence-electron chi connectivity index (χ1n) is 10.9. The summed E-state index contributed by atoms with van der Waals surface area (Å²) in [7, 11) is 2.10. The van der Waals surface area contributed by atoms with Gasteiger partial charge in [-0.2, -0.15) is 0 Å². The van der Waals surface area contributed by atoms with Crippen LogP contribution in [0.3, 0.4) is 0 Å². The molecule has 158 valence electrons. The van der Waals surface area contributed by atoms with E-state index in [-0.39, 0.29) is 0 Å². The van der Waals surface area contributed by atoms with E-state index in [1.165, 1.54) is 0 Å². The Morgan fingerprint density at radius 1 is 1.00 bits per heavy atom. The zero-order valence-corrected chi connectivity index (χ0v) is 17.6. The van der Waals surface area contributed by atoms with Crippen molar-refractivity contribution < 1.29 is 4.74 Å². The van der Waals surface area contributed by atoms with Crippen LogP contribution in [-0.4, -0.2) is 74.9 Å². The number of rotatable bonds is 4. The average molecular weight is 416 g/mol. The van der Waals surface area contributed by atoms with Crippen LogP contribution in [0, 0.1) is 0 Å². The maximum absolute atomic E-state index is 5.48. The third-order valence-corrected chi connectivity index (χ3v) is 6.70.